The zero-order valence-corrected chi connectivity index (χ0v) is 12.8. The number of nitrogens with zero attached hydrogens (tertiary/aromatic N) is 4. The van der Waals surface area contributed by atoms with E-state index < -0.39 is 17.5 Å². The zero-order valence-electron chi connectivity index (χ0n) is 12.8. The van der Waals surface area contributed by atoms with Crippen LogP contribution < -0.4 is 0 Å². The van der Waals surface area contributed by atoms with Crippen LogP contribution in [0.3, 0.4) is 0 Å². The third-order valence-electron chi connectivity index (χ3n) is 3.37. The van der Waals surface area contributed by atoms with Crippen molar-refractivity contribution in [1.29, 1.82) is 0 Å². The number of carboxylic acids is 1. The summed E-state index contributed by atoms with van der Waals surface area (Å²) in [6.45, 7) is 0.201. The molecule has 3 aromatic heterocycles. The van der Waals surface area contributed by atoms with E-state index in [1.165, 1.54) is 23.2 Å². The predicted octanol–water partition coefficient (Wildman–Crippen LogP) is 1.53. The number of ketones is 1. The number of carbonyl (C=O) groups is 2. The Bertz CT molecular complexity index is 929. The molecule has 0 aliphatic heterocycles. The molecule has 0 spiro atoms. The summed E-state index contributed by atoms with van der Waals surface area (Å²) in [4.78, 5) is 31.5. The van der Waals surface area contributed by atoms with Gasteiger partial charge < -0.3 is 14.8 Å². The van der Waals surface area contributed by atoms with Crippen molar-refractivity contribution < 1.29 is 19.8 Å². The Hall–Kier alpha value is -3.75. The maximum Gasteiger partial charge on any atom is 0.352 e. The Morgan fingerprint density at radius 3 is 2.72 bits per heavy atom. The number of aliphatic hydroxyl groups excluding tert-OH is 1. The highest BCUT2D eigenvalue weighted by Gasteiger charge is 2.17. The van der Waals surface area contributed by atoms with Gasteiger partial charge in [-0.05, 0) is 18.2 Å². The average molecular weight is 339 g/mol. The number of aliphatic hydroxyl groups is 1. The van der Waals surface area contributed by atoms with Gasteiger partial charge in [0.2, 0.25) is 5.82 Å². The number of nitrogens with one attached hydrogen (secondary N) is 1. The molecule has 0 radical (unpaired) electrons. The number of carboxylic acid groups (broad SMARTS) is 1. The molecular weight excluding hydrogens is 326 g/mol. The van der Waals surface area contributed by atoms with Crippen LogP contribution in [0.25, 0.3) is 5.76 Å². The molecule has 3 rings (SSSR count). The summed E-state index contributed by atoms with van der Waals surface area (Å²) in [5, 5.41) is 25.2. The maximum absolute atomic E-state index is 12.3. The fraction of sp³-hybridized carbons (Fsp3) is 0.0625. The van der Waals surface area contributed by atoms with Gasteiger partial charge in [-0.15, -0.1) is 0 Å². The lowest BCUT2D eigenvalue weighted by Gasteiger charge is -2.04. The van der Waals surface area contributed by atoms with Crippen molar-refractivity contribution in [3.63, 3.8) is 0 Å². The van der Waals surface area contributed by atoms with Gasteiger partial charge in [0.1, 0.15) is 12.0 Å². The molecule has 3 aromatic rings. The average Bonchev–Trinajstić information content (AvgIpc) is 3.25. The molecule has 126 valence electrons. The molecule has 25 heavy (non-hydrogen) atoms. The van der Waals surface area contributed by atoms with Crippen molar-refractivity contribution in [1.82, 2.24) is 24.7 Å². The van der Waals surface area contributed by atoms with E-state index in [1.807, 2.05) is 0 Å². The van der Waals surface area contributed by atoms with Gasteiger partial charge in [0.25, 0.3) is 0 Å². The van der Waals surface area contributed by atoms with Gasteiger partial charge in [0, 0.05) is 24.0 Å². The maximum atomic E-state index is 12.3. The van der Waals surface area contributed by atoms with Gasteiger partial charge in [0.15, 0.2) is 11.5 Å². The first-order chi connectivity index (χ1) is 12.0. The molecule has 0 aliphatic rings. The van der Waals surface area contributed by atoms with Crippen molar-refractivity contribution >= 4 is 17.5 Å². The molecule has 0 saturated carbocycles. The number of pyridine rings is 1. The van der Waals surface area contributed by atoms with Crippen LogP contribution in [-0.2, 0) is 6.54 Å². The second-order valence-electron chi connectivity index (χ2n) is 5.08. The van der Waals surface area contributed by atoms with Crippen LogP contribution in [0.4, 0.5) is 0 Å². The largest absolute Gasteiger partial charge is 0.504 e. The molecule has 0 saturated heterocycles. The quantitative estimate of drug-likeness (QED) is 0.352. The Labute approximate surface area is 141 Å². The lowest BCUT2D eigenvalue weighted by atomic mass is 10.2. The fourth-order valence-electron chi connectivity index (χ4n) is 2.23. The minimum absolute atomic E-state index is 0.0280. The van der Waals surface area contributed by atoms with Gasteiger partial charge in [-0.25, -0.2) is 9.78 Å². The minimum Gasteiger partial charge on any atom is -0.504 e. The SMILES string of the molecule is O=C(C=C(O)c1nc[nH]n1)c1cc(C(=O)O)n(Cc2ccccn2)c1. The van der Waals surface area contributed by atoms with Crippen molar-refractivity contribution in [2.45, 2.75) is 6.54 Å². The first kappa shape index (κ1) is 16.1. The van der Waals surface area contributed by atoms with Gasteiger partial charge in [-0.1, -0.05) is 6.07 Å². The Morgan fingerprint density at radius 2 is 2.08 bits per heavy atom. The molecule has 0 bridgehead atoms. The number of aromatic carboxylic acids is 1. The Morgan fingerprint density at radius 1 is 1.24 bits per heavy atom. The summed E-state index contributed by atoms with van der Waals surface area (Å²) in [7, 11) is 0. The highest BCUT2D eigenvalue weighted by atomic mass is 16.4. The summed E-state index contributed by atoms with van der Waals surface area (Å²) < 4.78 is 1.41. The molecule has 9 heteroatoms. The first-order valence-corrected chi connectivity index (χ1v) is 7.19. The molecule has 0 fully saturated rings. The van der Waals surface area contributed by atoms with Crippen molar-refractivity contribution in [3.05, 3.63) is 71.8 Å². The highest BCUT2D eigenvalue weighted by molar-refractivity contribution is 6.08. The number of aromatic amines is 1. The van der Waals surface area contributed by atoms with Crippen LogP contribution in [0.1, 0.15) is 32.4 Å². The second kappa shape index (κ2) is 6.79. The normalized spacial score (nSPS) is 11.4. The molecule has 3 N–H and O–H groups in total. The summed E-state index contributed by atoms with van der Waals surface area (Å²) in [6.07, 6.45) is 5.20. The van der Waals surface area contributed by atoms with E-state index in [1.54, 1.807) is 24.4 Å². The van der Waals surface area contributed by atoms with E-state index in [9.17, 15) is 19.8 Å². The van der Waals surface area contributed by atoms with E-state index >= 15 is 0 Å². The number of aromatic nitrogens is 5. The number of rotatable bonds is 6. The monoisotopic (exact) mass is 339 g/mol. The van der Waals surface area contributed by atoms with E-state index in [0.717, 1.165) is 6.08 Å². The summed E-state index contributed by atoms with van der Waals surface area (Å²) in [5.74, 6) is -2.18. The van der Waals surface area contributed by atoms with Gasteiger partial charge >= 0.3 is 5.97 Å². The second-order valence-corrected chi connectivity index (χ2v) is 5.08. The Balaban J connectivity index is 1.90. The summed E-state index contributed by atoms with van der Waals surface area (Å²) in [6, 6.07) is 6.54. The third kappa shape index (κ3) is 3.61. The van der Waals surface area contributed by atoms with Gasteiger partial charge in [0.05, 0.1) is 12.2 Å². The molecule has 0 atom stereocenters. The predicted molar refractivity (Wildman–Crippen MR) is 86.0 cm³/mol. The summed E-state index contributed by atoms with van der Waals surface area (Å²) >= 11 is 0. The van der Waals surface area contributed by atoms with E-state index in [4.69, 9.17) is 0 Å². The molecule has 3 heterocycles. The van der Waals surface area contributed by atoms with Gasteiger partial charge in [-0.3, -0.25) is 14.9 Å². The van der Waals surface area contributed by atoms with Crippen molar-refractivity contribution in [2.75, 3.05) is 0 Å². The minimum atomic E-state index is -1.17. The Kier molecular flexibility index (Phi) is 4.38. The number of hydrogen-bond acceptors (Lipinski definition) is 6. The zero-order chi connectivity index (χ0) is 17.8. The fourth-order valence-corrected chi connectivity index (χ4v) is 2.23. The number of allylic oxidation sites excluding steroid dienone is 1. The van der Waals surface area contributed by atoms with Crippen molar-refractivity contribution in [2.24, 2.45) is 0 Å². The molecule has 0 aliphatic carbocycles. The standard InChI is InChI=1S/C16H13N5O4/c22-13(6-14(23)15-18-9-19-20-15)10-5-12(16(24)25)21(7-10)8-11-3-1-2-4-17-11/h1-7,9,23H,8H2,(H,24,25)(H,18,19,20). The van der Waals surface area contributed by atoms with Crippen molar-refractivity contribution in [3.8, 4) is 0 Å². The molecular formula is C16H13N5O4. The molecule has 0 unspecified atom stereocenters. The number of H-pyrrole nitrogens is 1. The first-order valence-electron chi connectivity index (χ1n) is 7.19. The van der Waals surface area contributed by atoms with E-state index in [0.29, 0.717) is 5.69 Å². The lowest BCUT2D eigenvalue weighted by Crippen LogP contribution is -2.09. The van der Waals surface area contributed by atoms with Crippen LogP contribution in [-0.4, -0.2) is 46.7 Å². The van der Waals surface area contributed by atoms with E-state index in [-0.39, 0.29) is 23.6 Å². The van der Waals surface area contributed by atoms with Crippen LogP contribution in [0, 0.1) is 0 Å². The smallest absolute Gasteiger partial charge is 0.352 e. The molecule has 0 aromatic carbocycles. The van der Waals surface area contributed by atoms with Gasteiger partial charge in [-0.2, -0.15) is 5.10 Å². The summed E-state index contributed by atoms with van der Waals surface area (Å²) in [5.41, 5.74) is 0.717. The van der Waals surface area contributed by atoms with Crippen LogP contribution >= 0.6 is 0 Å². The van der Waals surface area contributed by atoms with Crippen LogP contribution in [0.5, 0.6) is 0 Å². The highest BCUT2D eigenvalue weighted by Crippen LogP contribution is 2.14. The van der Waals surface area contributed by atoms with Crippen LogP contribution in [0.15, 0.2) is 49.1 Å². The topological polar surface area (TPSA) is 134 Å². The third-order valence-corrected chi connectivity index (χ3v) is 3.37. The molecule has 9 nitrogen and oxygen atoms in total. The number of hydrogen-bond donors (Lipinski definition) is 3. The lowest BCUT2D eigenvalue weighted by molar-refractivity contribution is 0.0685. The van der Waals surface area contributed by atoms with Crippen LogP contribution in [0.2, 0.25) is 0 Å². The van der Waals surface area contributed by atoms with E-state index in [2.05, 4.69) is 20.2 Å². The molecule has 0 amide bonds. The number of carbonyl (C=O) groups excluding carboxylic acids is 1.